The average Bonchev–Trinajstić information content (AvgIpc) is 2.42. The first-order valence-corrected chi connectivity index (χ1v) is 6.31. The summed E-state index contributed by atoms with van der Waals surface area (Å²) in [5.74, 6) is 1.71. The van der Waals surface area contributed by atoms with Crippen LogP contribution in [0.25, 0.3) is 0 Å². The van der Waals surface area contributed by atoms with Gasteiger partial charge in [-0.25, -0.2) is 0 Å². The van der Waals surface area contributed by atoms with Gasteiger partial charge in [-0.3, -0.25) is 0 Å². The molecule has 0 atom stereocenters. The molecule has 0 aliphatic heterocycles. The van der Waals surface area contributed by atoms with Crippen molar-refractivity contribution in [2.75, 3.05) is 34.0 Å². The van der Waals surface area contributed by atoms with E-state index < -0.39 is 0 Å². The molecule has 0 aliphatic rings. The summed E-state index contributed by atoms with van der Waals surface area (Å²) in [5, 5.41) is 3.31. The summed E-state index contributed by atoms with van der Waals surface area (Å²) in [6.45, 7) is 5.12. The Balaban J connectivity index is 2.62. The van der Waals surface area contributed by atoms with Gasteiger partial charge in [-0.1, -0.05) is 13.0 Å². The molecule has 0 fully saturated rings. The Morgan fingerprint density at radius 3 is 2.67 bits per heavy atom. The van der Waals surface area contributed by atoms with Gasteiger partial charge in [0.05, 0.1) is 20.3 Å². The van der Waals surface area contributed by atoms with Crippen LogP contribution in [0.1, 0.15) is 18.9 Å². The van der Waals surface area contributed by atoms with E-state index >= 15 is 0 Å². The number of benzene rings is 1. The molecular formula is C14H23NO3. The zero-order valence-electron chi connectivity index (χ0n) is 11.5. The van der Waals surface area contributed by atoms with E-state index in [1.807, 2.05) is 18.2 Å². The highest BCUT2D eigenvalue weighted by molar-refractivity contribution is 5.40. The van der Waals surface area contributed by atoms with Gasteiger partial charge in [0.1, 0.15) is 11.5 Å². The molecule has 0 saturated heterocycles. The summed E-state index contributed by atoms with van der Waals surface area (Å²) in [4.78, 5) is 0. The number of ether oxygens (including phenoxy) is 3. The zero-order chi connectivity index (χ0) is 13.2. The predicted octanol–water partition coefficient (Wildman–Crippen LogP) is 2.22. The molecule has 0 unspecified atom stereocenters. The van der Waals surface area contributed by atoms with Crippen molar-refractivity contribution in [2.24, 2.45) is 0 Å². The van der Waals surface area contributed by atoms with E-state index in [-0.39, 0.29) is 0 Å². The quantitative estimate of drug-likeness (QED) is 0.685. The lowest BCUT2D eigenvalue weighted by Gasteiger charge is -2.13. The first-order chi connectivity index (χ1) is 8.81. The second-order valence-corrected chi connectivity index (χ2v) is 3.99. The van der Waals surface area contributed by atoms with Crippen LogP contribution in [0, 0.1) is 0 Å². The fourth-order valence-electron chi connectivity index (χ4n) is 1.55. The summed E-state index contributed by atoms with van der Waals surface area (Å²) in [6.07, 6.45) is 0.994. The minimum Gasteiger partial charge on any atom is -0.497 e. The zero-order valence-corrected chi connectivity index (χ0v) is 11.5. The molecule has 0 saturated carbocycles. The fraction of sp³-hybridized carbons (Fsp3) is 0.571. The maximum atomic E-state index is 5.73. The highest BCUT2D eigenvalue weighted by atomic mass is 16.5. The Bertz CT molecular complexity index is 342. The maximum absolute atomic E-state index is 5.73. The third kappa shape index (κ3) is 4.94. The molecule has 1 aromatic rings. The summed E-state index contributed by atoms with van der Waals surface area (Å²) in [7, 11) is 3.36. The van der Waals surface area contributed by atoms with E-state index in [1.54, 1.807) is 14.2 Å². The molecule has 1 aromatic carbocycles. The topological polar surface area (TPSA) is 39.7 Å². The minimum atomic E-state index is 0.710. The third-order valence-electron chi connectivity index (χ3n) is 2.53. The van der Waals surface area contributed by atoms with Crippen LogP contribution in [0.2, 0.25) is 0 Å². The molecule has 18 heavy (non-hydrogen) atoms. The van der Waals surface area contributed by atoms with Crippen LogP contribution in [0.5, 0.6) is 11.5 Å². The van der Waals surface area contributed by atoms with E-state index in [9.17, 15) is 0 Å². The maximum Gasteiger partial charge on any atom is 0.127 e. The van der Waals surface area contributed by atoms with E-state index in [2.05, 4.69) is 12.2 Å². The minimum absolute atomic E-state index is 0.710. The van der Waals surface area contributed by atoms with Gasteiger partial charge in [0.25, 0.3) is 0 Å². The van der Waals surface area contributed by atoms with E-state index in [0.717, 1.165) is 43.2 Å². The molecule has 0 amide bonds. The second-order valence-electron chi connectivity index (χ2n) is 3.99. The van der Waals surface area contributed by atoms with Gasteiger partial charge >= 0.3 is 0 Å². The lowest BCUT2D eigenvalue weighted by Crippen LogP contribution is -2.19. The average molecular weight is 253 g/mol. The van der Waals surface area contributed by atoms with E-state index in [4.69, 9.17) is 14.2 Å². The summed E-state index contributed by atoms with van der Waals surface area (Å²) >= 11 is 0. The van der Waals surface area contributed by atoms with Crippen molar-refractivity contribution in [3.05, 3.63) is 23.8 Å². The number of rotatable bonds is 9. The second kappa shape index (κ2) is 8.78. The Hall–Kier alpha value is -1.26. The lowest BCUT2D eigenvalue weighted by molar-refractivity contribution is 0.199. The summed E-state index contributed by atoms with van der Waals surface area (Å²) in [6, 6.07) is 5.92. The fourth-order valence-corrected chi connectivity index (χ4v) is 1.55. The molecule has 4 heteroatoms. The molecule has 1 rings (SSSR count). The predicted molar refractivity (Wildman–Crippen MR) is 72.4 cm³/mol. The van der Waals surface area contributed by atoms with Crippen molar-refractivity contribution in [2.45, 2.75) is 19.9 Å². The van der Waals surface area contributed by atoms with Crippen LogP contribution in [0.15, 0.2) is 18.2 Å². The largest absolute Gasteiger partial charge is 0.497 e. The Labute approximate surface area is 109 Å². The number of methoxy groups -OCH3 is 2. The van der Waals surface area contributed by atoms with Crippen molar-refractivity contribution in [3.8, 4) is 11.5 Å². The van der Waals surface area contributed by atoms with Gasteiger partial charge in [-0.2, -0.15) is 0 Å². The Kier molecular flexibility index (Phi) is 7.22. The normalized spacial score (nSPS) is 10.4. The van der Waals surface area contributed by atoms with Crippen LogP contribution in [0.3, 0.4) is 0 Å². The third-order valence-corrected chi connectivity index (χ3v) is 2.53. The van der Waals surface area contributed by atoms with Gasteiger partial charge in [-0.05, 0) is 12.5 Å². The molecule has 0 aromatic heterocycles. The molecule has 1 N–H and O–H groups in total. The summed E-state index contributed by atoms with van der Waals surface area (Å²) in [5.41, 5.74) is 1.14. The Morgan fingerprint density at radius 2 is 2.00 bits per heavy atom. The van der Waals surface area contributed by atoms with Gasteiger partial charge in [0, 0.05) is 31.8 Å². The van der Waals surface area contributed by atoms with Crippen LogP contribution >= 0.6 is 0 Å². The van der Waals surface area contributed by atoms with Crippen molar-refractivity contribution in [1.82, 2.24) is 5.32 Å². The van der Waals surface area contributed by atoms with Crippen molar-refractivity contribution in [1.29, 1.82) is 0 Å². The molecule has 0 bridgehead atoms. The number of hydrogen-bond donors (Lipinski definition) is 1. The molecular weight excluding hydrogens is 230 g/mol. The number of hydrogen-bond acceptors (Lipinski definition) is 4. The van der Waals surface area contributed by atoms with E-state index in [0.29, 0.717) is 6.61 Å². The van der Waals surface area contributed by atoms with E-state index in [1.165, 1.54) is 0 Å². The molecule has 4 nitrogen and oxygen atoms in total. The van der Waals surface area contributed by atoms with Crippen molar-refractivity contribution >= 4 is 0 Å². The van der Waals surface area contributed by atoms with Gasteiger partial charge < -0.3 is 19.5 Å². The summed E-state index contributed by atoms with van der Waals surface area (Å²) < 4.78 is 15.9. The van der Waals surface area contributed by atoms with Crippen LogP contribution in [-0.2, 0) is 11.3 Å². The smallest absolute Gasteiger partial charge is 0.127 e. The molecule has 102 valence electrons. The standard InChI is InChI=1S/C14H23NO3/c1-4-8-18-14-10-13(17-3)6-5-12(14)11-15-7-9-16-2/h5-6,10,15H,4,7-9,11H2,1-3H3. The Morgan fingerprint density at radius 1 is 1.17 bits per heavy atom. The van der Waals surface area contributed by atoms with Gasteiger partial charge in [0.2, 0.25) is 0 Å². The van der Waals surface area contributed by atoms with Crippen molar-refractivity contribution < 1.29 is 14.2 Å². The SMILES string of the molecule is CCCOc1cc(OC)ccc1CNCCOC. The number of nitrogens with one attached hydrogen (secondary N) is 1. The first-order valence-electron chi connectivity index (χ1n) is 6.31. The molecule has 0 radical (unpaired) electrons. The lowest BCUT2D eigenvalue weighted by atomic mass is 10.2. The molecule has 0 aliphatic carbocycles. The highest BCUT2D eigenvalue weighted by Crippen LogP contribution is 2.24. The molecule has 0 spiro atoms. The van der Waals surface area contributed by atoms with Crippen molar-refractivity contribution in [3.63, 3.8) is 0 Å². The first kappa shape index (κ1) is 14.8. The van der Waals surface area contributed by atoms with Gasteiger partial charge in [-0.15, -0.1) is 0 Å². The van der Waals surface area contributed by atoms with Crippen LogP contribution < -0.4 is 14.8 Å². The monoisotopic (exact) mass is 253 g/mol. The highest BCUT2D eigenvalue weighted by Gasteiger charge is 2.05. The van der Waals surface area contributed by atoms with Crippen LogP contribution in [0.4, 0.5) is 0 Å². The van der Waals surface area contributed by atoms with Gasteiger partial charge in [0.15, 0.2) is 0 Å². The molecule has 0 heterocycles. The van der Waals surface area contributed by atoms with Crippen LogP contribution in [-0.4, -0.2) is 34.0 Å².